The molecule has 1 aliphatic rings. The number of aromatic nitrogens is 1. The Labute approximate surface area is 146 Å². The third-order valence-corrected chi connectivity index (χ3v) is 4.38. The van der Waals surface area contributed by atoms with Gasteiger partial charge >= 0.3 is 5.97 Å². The van der Waals surface area contributed by atoms with E-state index in [2.05, 4.69) is 0 Å². The molecule has 1 saturated heterocycles. The van der Waals surface area contributed by atoms with Crippen molar-refractivity contribution >= 4 is 5.97 Å². The zero-order valence-electron chi connectivity index (χ0n) is 14.4. The zero-order valence-corrected chi connectivity index (χ0v) is 14.4. The summed E-state index contributed by atoms with van der Waals surface area (Å²) < 4.78 is 26.7. The van der Waals surface area contributed by atoms with Crippen LogP contribution in [0.25, 0.3) is 11.1 Å². The first-order valence-electron chi connectivity index (χ1n) is 8.41. The normalized spacial score (nSPS) is 17.2. The number of hydrogen-bond donors (Lipinski definition) is 1. The van der Waals surface area contributed by atoms with Gasteiger partial charge in [0.25, 0.3) is 0 Å². The van der Waals surface area contributed by atoms with Gasteiger partial charge in [-0.05, 0) is 44.5 Å². The van der Waals surface area contributed by atoms with Gasteiger partial charge in [-0.15, -0.1) is 0 Å². The molecule has 0 radical (unpaired) electrons. The van der Waals surface area contributed by atoms with Gasteiger partial charge in [-0.2, -0.15) is 0 Å². The first-order chi connectivity index (χ1) is 12.0. The van der Waals surface area contributed by atoms with E-state index >= 15 is 0 Å². The SMILES string of the molecule is CC(C)n1cc(-c2cc(F)ccc2OCC2CCOC2)cc1C(=O)O. The van der Waals surface area contributed by atoms with Crippen LogP contribution in [-0.4, -0.2) is 35.5 Å². The van der Waals surface area contributed by atoms with Gasteiger partial charge in [0.15, 0.2) is 0 Å². The van der Waals surface area contributed by atoms with E-state index in [1.54, 1.807) is 22.9 Å². The van der Waals surface area contributed by atoms with Gasteiger partial charge in [0.2, 0.25) is 0 Å². The molecule has 1 atom stereocenters. The van der Waals surface area contributed by atoms with Crippen molar-refractivity contribution in [1.29, 1.82) is 0 Å². The van der Waals surface area contributed by atoms with Crippen LogP contribution < -0.4 is 4.74 Å². The summed E-state index contributed by atoms with van der Waals surface area (Å²) >= 11 is 0. The van der Waals surface area contributed by atoms with Crippen molar-refractivity contribution in [3.05, 3.63) is 42.0 Å². The molecule has 6 heteroatoms. The highest BCUT2D eigenvalue weighted by atomic mass is 19.1. The van der Waals surface area contributed by atoms with Crippen molar-refractivity contribution in [3.63, 3.8) is 0 Å². The summed E-state index contributed by atoms with van der Waals surface area (Å²) in [4.78, 5) is 11.5. The van der Waals surface area contributed by atoms with Crippen molar-refractivity contribution in [2.75, 3.05) is 19.8 Å². The summed E-state index contributed by atoms with van der Waals surface area (Å²) in [5.74, 6) is -0.526. The molecular weight excluding hydrogens is 325 g/mol. The lowest BCUT2D eigenvalue weighted by Crippen LogP contribution is -2.12. The van der Waals surface area contributed by atoms with Gasteiger partial charge in [-0.3, -0.25) is 0 Å². The van der Waals surface area contributed by atoms with Gasteiger partial charge in [0, 0.05) is 35.9 Å². The molecule has 0 bridgehead atoms. The van der Waals surface area contributed by atoms with E-state index in [1.165, 1.54) is 12.1 Å². The van der Waals surface area contributed by atoms with Crippen LogP contribution in [0.1, 0.15) is 36.8 Å². The molecule has 2 heterocycles. The number of nitrogens with zero attached hydrogens (tertiary/aromatic N) is 1. The quantitative estimate of drug-likeness (QED) is 0.858. The molecule has 1 aliphatic heterocycles. The average Bonchev–Trinajstić information content (AvgIpc) is 3.23. The Kier molecular flexibility index (Phi) is 5.08. The Balaban J connectivity index is 1.94. The molecule has 1 aromatic carbocycles. The van der Waals surface area contributed by atoms with E-state index < -0.39 is 5.97 Å². The summed E-state index contributed by atoms with van der Waals surface area (Å²) in [5.41, 5.74) is 1.36. The molecule has 0 spiro atoms. The molecule has 1 N–H and O–H groups in total. The Morgan fingerprint density at radius 3 is 2.84 bits per heavy atom. The van der Waals surface area contributed by atoms with Gasteiger partial charge in [0.1, 0.15) is 17.3 Å². The molecule has 0 saturated carbocycles. The molecular formula is C19H22FNO4. The number of aromatic carboxylic acids is 1. The number of carboxylic acid groups (broad SMARTS) is 1. The summed E-state index contributed by atoms with van der Waals surface area (Å²) in [6.45, 7) is 5.71. The second-order valence-electron chi connectivity index (χ2n) is 6.60. The number of ether oxygens (including phenoxy) is 2. The van der Waals surface area contributed by atoms with Crippen LogP contribution in [0.4, 0.5) is 4.39 Å². The predicted molar refractivity (Wildman–Crippen MR) is 91.6 cm³/mol. The monoisotopic (exact) mass is 347 g/mol. The highest BCUT2D eigenvalue weighted by Crippen LogP contribution is 2.34. The fourth-order valence-electron chi connectivity index (χ4n) is 3.00. The molecule has 1 unspecified atom stereocenters. The van der Waals surface area contributed by atoms with Crippen molar-refractivity contribution in [1.82, 2.24) is 4.57 Å². The fraction of sp³-hybridized carbons (Fsp3) is 0.421. The molecule has 134 valence electrons. The largest absolute Gasteiger partial charge is 0.493 e. The summed E-state index contributed by atoms with van der Waals surface area (Å²) in [5, 5.41) is 9.41. The van der Waals surface area contributed by atoms with Crippen molar-refractivity contribution in [2.24, 2.45) is 5.92 Å². The van der Waals surface area contributed by atoms with Crippen LogP contribution in [-0.2, 0) is 4.74 Å². The maximum absolute atomic E-state index is 13.8. The molecule has 1 aromatic heterocycles. The highest BCUT2D eigenvalue weighted by molar-refractivity contribution is 5.89. The maximum atomic E-state index is 13.8. The van der Waals surface area contributed by atoms with Crippen LogP contribution in [0.15, 0.2) is 30.5 Å². The Bertz CT molecular complexity index is 763. The van der Waals surface area contributed by atoms with E-state index in [9.17, 15) is 14.3 Å². The molecule has 0 aliphatic carbocycles. The molecule has 2 aromatic rings. The van der Waals surface area contributed by atoms with Gasteiger partial charge < -0.3 is 19.1 Å². The first-order valence-corrected chi connectivity index (χ1v) is 8.41. The smallest absolute Gasteiger partial charge is 0.352 e. The maximum Gasteiger partial charge on any atom is 0.352 e. The Hall–Kier alpha value is -2.34. The number of carboxylic acids is 1. The Morgan fingerprint density at radius 1 is 1.44 bits per heavy atom. The molecule has 25 heavy (non-hydrogen) atoms. The second kappa shape index (κ2) is 7.27. The fourth-order valence-corrected chi connectivity index (χ4v) is 3.00. The number of hydrogen-bond acceptors (Lipinski definition) is 3. The topological polar surface area (TPSA) is 60.7 Å². The highest BCUT2D eigenvalue weighted by Gasteiger charge is 2.20. The van der Waals surface area contributed by atoms with E-state index in [4.69, 9.17) is 9.47 Å². The number of benzene rings is 1. The molecule has 0 amide bonds. The lowest BCUT2D eigenvalue weighted by molar-refractivity contribution is 0.0683. The minimum absolute atomic E-state index is 0.0200. The van der Waals surface area contributed by atoms with Crippen LogP contribution in [0, 0.1) is 11.7 Å². The van der Waals surface area contributed by atoms with Gasteiger partial charge in [-0.1, -0.05) is 0 Å². The summed E-state index contributed by atoms with van der Waals surface area (Å²) in [6.07, 6.45) is 2.68. The number of halogens is 1. The van der Waals surface area contributed by atoms with Crippen molar-refractivity contribution in [3.8, 4) is 16.9 Å². The molecule has 1 fully saturated rings. The van der Waals surface area contributed by atoms with Gasteiger partial charge in [-0.25, -0.2) is 9.18 Å². The van der Waals surface area contributed by atoms with E-state index in [1.807, 2.05) is 13.8 Å². The zero-order chi connectivity index (χ0) is 18.0. The molecule has 3 rings (SSSR count). The van der Waals surface area contributed by atoms with Crippen molar-refractivity contribution < 1.29 is 23.8 Å². The van der Waals surface area contributed by atoms with Crippen LogP contribution in [0.2, 0.25) is 0 Å². The van der Waals surface area contributed by atoms with Crippen LogP contribution >= 0.6 is 0 Å². The van der Waals surface area contributed by atoms with Gasteiger partial charge in [0.05, 0.1) is 13.2 Å². The van der Waals surface area contributed by atoms with Crippen LogP contribution in [0.5, 0.6) is 5.75 Å². The minimum Gasteiger partial charge on any atom is -0.493 e. The summed E-state index contributed by atoms with van der Waals surface area (Å²) in [7, 11) is 0. The third-order valence-electron chi connectivity index (χ3n) is 4.38. The number of carbonyl (C=O) groups is 1. The predicted octanol–water partition coefficient (Wildman–Crippen LogP) is 3.99. The standard InChI is InChI=1S/C19H22FNO4/c1-12(2)21-9-14(7-17(21)19(22)23)16-8-15(20)3-4-18(16)25-11-13-5-6-24-10-13/h3-4,7-9,12-13H,5-6,10-11H2,1-2H3,(H,22,23). The first kappa shape index (κ1) is 17.5. The minimum atomic E-state index is -1.01. The summed E-state index contributed by atoms with van der Waals surface area (Å²) in [6, 6.07) is 5.86. The van der Waals surface area contributed by atoms with Crippen LogP contribution in [0.3, 0.4) is 0 Å². The second-order valence-corrected chi connectivity index (χ2v) is 6.60. The lowest BCUT2D eigenvalue weighted by atomic mass is 10.1. The van der Waals surface area contributed by atoms with Crippen molar-refractivity contribution in [2.45, 2.75) is 26.3 Å². The average molecular weight is 347 g/mol. The van der Waals surface area contributed by atoms with E-state index in [0.717, 1.165) is 13.0 Å². The molecule has 5 nitrogen and oxygen atoms in total. The van der Waals surface area contributed by atoms with E-state index in [-0.39, 0.29) is 17.6 Å². The van der Waals surface area contributed by atoms with E-state index in [0.29, 0.717) is 36.0 Å². The third kappa shape index (κ3) is 3.85. The number of rotatable bonds is 6. The Morgan fingerprint density at radius 2 is 2.24 bits per heavy atom. The lowest BCUT2D eigenvalue weighted by Gasteiger charge is -2.14.